The van der Waals surface area contributed by atoms with E-state index in [1.54, 1.807) is 0 Å². The first-order chi connectivity index (χ1) is 8.59. The van der Waals surface area contributed by atoms with E-state index in [1.165, 1.54) is 19.9 Å². The monoisotopic (exact) mass is 302 g/mol. The molecule has 0 atom stereocenters. The topological polar surface area (TPSA) is 89.3 Å². The van der Waals surface area contributed by atoms with Crippen molar-refractivity contribution in [2.24, 2.45) is 0 Å². The molecule has 6 nitrogen and oxygen atoms in total. The zero-order chi connectivity index (χ0) is 14.8. The van der Waals surface area contributed by atoms with Crippen LogP contribution in [0.4, 0.5) is 5.69 Å². The summed E-state index contributed by atoms with van der Waals surface area (Å²) in [5.41, 5.74) is -1.76. The minimum atomic E-state index is -4.12. The molecule has 0 aliphatic carbocycles. The Morgan fingerprint density at radius 2 is 2.05 bits per heavy atom. The molecular formula is C11H11ClN2O4S. The molecule has 1 rings (SSSR count). The van der Waals surface area contributed by atoms with Gasteiger partial charge in [0.2, 0.25) is 10.0 Å². The van der Waals surface area contributed by atoms with Gasteiger partial charge in [0.05, 0.1) is 10.5 Å². The summed E-state index contributed by atoms with van der Waals surface area (Å²) in [6, 6.07) is 3.29. The number of nitrogens with zero attached hydrogens (tertiary/aromatic N) is 1. The highest BCUT2D eigenvalue weighted by molar-refractivity contribution is 7.89. The average molecular weight is 303 g/mol. The van der Waals surface area contributed by atoms with Crippen molar-refractivity contribution >= 4 is 27.3 Å². The molecule has 1 N–H and O–H groups in total. The largest absolute Gasteiger partial charge is 0.290 e. The van der Waals surface area contributed by atoms with E-state index in [0.29, 0.717) is 0 Å². The van der Waals surface area contributed by atoms with Gasteiger partial charge in [-0.25, -0.2) is 8.42 Å². The Kier molecular flexibility index (Phi) is 4.20. The molecule has 0 aliphatic heterocycles. The van der Waals surface area contributed by atoms with Gasteiger partial charge in [0, 0.05) is 11.1 Å². The number of terminal acetylenes is 1. The Bertz CT molecular complexity index is 662. The lowest BCUT2D eigenvalue weighted by Crippen LogP contribution is -2.42. The highest BCUT2D eigenvalue weighted by Crippen LogP contribution is 2.27. The standard InChI is InChI=1S/C11H11ClN2O4S/c1-4-11(2,3)13-19(17,18)10-6-5-8(12)7-9(10)14(15)16/h1,5-7,13H,2-3H3. The van der Waals surface area contributed by atoms with Crippen LogP contribution in [0.1, 0.15) is 13.8 Å². The fraction of sp³-hybridized carbons (Fsp3) is 0.273. The van der Waals surface area contributed by atoms with E-state index in [4.69, 9.17) is 18.0 Å². The molecule has 0 spiro atoms. The second kappa shape index (κ2) is 5.17. The van der Waals surface area contributed by atoms with Crippen molar-refractivity contribution in [1.82, 2.24) is 4.72 Å². The summed E-state index contributed by atoms with van der Waals surface area (Å²) in [7, 11) is -4.12. The number of nitro groups is 1. The van der Waals surface area contributed by atoms with Gasteiger partial charge in [0.15, 0.2) is 4.90 Å². The maximum Gasteiger partial charge on any atom is 0.290 e. The maximum atomic E-state index is 12.1. The van der Waals surface area contributed by atoms with Crippen LogP contribution in [0, 0.1) is 22.5 Å². The maximum absolute atomic E-state index is 12.1. The first-order valence-corrected chi connectivity index (χ1v) is 6.91. The number of nitro benzene ring substituents is 1. The molecule has 0 heterocycles. The summed E-state index contributed by atoms with van der Waals surface area (Å²) in [6.45, 7) is 2.93. The number of benzene rings is 1. The summed E-state index contributed by atoms with van der Waals surface area (Å²) < 4.78 is 26.4. The van der Waals surface area contributed by atoms with Gasteiger partial charge in [-0.15, -0.1) is 6.42 Å². The van der Waals surface area contributed by atoms with E-state index < -0.39 is 31.1 Å². The normalized spacial score (nSPS) is 11.9. The van der Waals surface area contributed by atoms with Gasteiger partial charge in [-0.05, 0) is 26.0 Å². The molecule has 19 heavy (non-hydrogen) atoms. The SMILES string of the molecule is C#CC(C)(C)NS(=O)(=O)c1ccc(Cl)cc1[N+](=O)[O-]. The first kappa shape index (κ1) is 15.4. The molecule has 1 aromatic rings. The van der Waals surface area contributed by atoms with Gasteiger partial charge < -0.3 is 0 Å². The lowest BCUT2D eigenvalue weighted by atomic mass is 10.1. The van der Waals surface area contributed by atoms with Crippen molar-refractivity contribution in [3.8, 4) is 12.3 Å². The smallest absolute Gasteiger partial charge is 0.258 e. The zero-order valence-corrected chi connectivity index (χ0v) is 11.7. The van der Waals surface area contributed by atoms with Crippen molar-refractivity contribution in [2.75, 3.05) is 0 Å². The highest BCUT2D eigenvalue weighted by Gasteiger charge is 2.30. The lowest BCUT2D eigenvalue weighted by molar-refractivity contribution is -0.387. The molecule has 0 unspecified atom stereocenters. The fourth-order valence-electron chi connectivity index (χ4n) is 1.28. The summed E-state index contributed by atoms with van der Waals surface area (Å²) in [6.07, 6.45) is 5.18. The van der Waals surface area contributed by atoms with Crippen molar-refractivity contribution in [3.05, 3.63) is 33.3 Å². The van der Waals surface area contributed by atoms with Crippen LogP contribution in [0.2, 0.25) is 5.02 Å². The van der Waals surface area contributed by atoms with E-state index in [-0.39, 0.29) is 5.02 Å². The summed E-state index contributed by atoms with van der Waals surface area (Å²) in [5, 5.41) is 10.9. The van der Waals surface area contributed by atoms with Crippen molar-refractivity contribution in [2.45, 2.75) is 24.3 Å². The van der Waals surface area contributed by atoms with Gasteiger partial charge in [-0.1, -0.05) is 17.5 Å². The summed E-state index contributed by atoms with van der Waals surface area (Å²) >= 11 is 5.62. The average Bonchev–Trinajstić information content (AvgIpc) is 2.27. The predicted molar refractivity (Wildman–Crippen MR) is 71.3 cm³/mol. The quantitative estimate of drug-likeness (QED) is 0.523. The second-order valence-corrected chi connectivity index (χ2v) is 6.33. The number of rotatable bonds is 4. The van der Waals surface area contributed by atoms with E-state index in [0.717, 1.165) is 12.1 Å². The van der Waals surface area contributed by atoms with Crippen molar-refractivity contribution in [3.63, 3.8) is 0 Å². The fourth-order valence-corrected chi connectivity index (χ4v) is 2.94. The van der Waals surface area contributed by atoms with Gasteiger partial charge in [0.25, 0.3) is 5.69 Å². The Hall–Kier alpha value is -1.62. The number of hydrogen-bond donors (Lipinski definition) is 1. The Morgan fingerprint density at radius 3 is 2.53 bits per heavy atom. The molecule has 0 saturated heterocycles. The lowest BCUT2D eigenvalue weighted by Gasteiger charge is -2.19. The molecule has 0 bridgehead atoms. The Labute approximate surface area is 116 Å². The zero-order valence-electron chi connectivity index (χ0n) is 10.2. The number of halogens is 1. The van der Waals surface area contributed by atoms with E-state index in [2.05, 4.69) is 10.6 Å². The van der Waals surface area contributed by atoms with Crippen LogP contribution in [0.3, 0.4) is 0 Å². The third kappa shape index (κ3) is 3.67. The van der Waals surface area contributed by atoms with Gasteiger partial charge in [-0.3, -0.25) is 10.1 Å². The van der Waals surface area contributed by atoms with Crippen LogP contribution >= 0.6 is 11.6 Å². The van der Waals surface area contributed by atoms with E-state index in [1.807, 2.05) is 0 Å². The molecule has 0 radical (unpaired) electrons. The molecule has 8 heteroatoms. The van der Waals surface area contributed by atoms with Gasteiger partial charge in [0.1, 0.15) is 0 Å². The third-order valence-electron chi connectivity index (χ3n) is 2.16. The van der Waals surface area contributed by atoms with E-state index >= 15 is 0 Å². The number of nitrogens with one attached hydrogen (secondary N) is 1. The molecule has 0 amide bonds. The molecule has 0 aromatic heterocycles. The summed E-state index contributed by atoms with van der Waals surface area (Å²) in [5.74, 6) is 2.24. The number of hydrogen-bond acceptors (Lipinski definition) is 4. The van der Waals surface area contributed by atoms with Crippen molar-refractivity contribution < 1.29 is 13.3 Å². The third-order valence-corrected chi connectivity index (χ3v) is 4.10. The van der Waals surface area contributed by atoms with Crippen LogP contribution in [0.15, 0.2) is 23.1 Å². The van der Waals surface area contributed by atoms with E-state index in [9.17, 15) is 18.5 Å². The molecule has 0 saturated carbocycles. The molecule has 0 aliphatic rings. The highest BCUT2D eigenvalue weighted by atomic mass is 35.5. The van der Waals surface area contributed by atoms with Crippen molar-refractivity contribution in [1.29, 1.82) is 0 Å². The van der Waals surface area contributed by atoms with Gasteiger partial charge >= 0.3 is 0 Å². The molecule has 102 valence electrons. The second-order valence-electron chi connectivity index (χ2n) is 4.24. The van der Waals surface area contributed by atoms with Crippen LogP contribution in [0.5, 0.6) is 0 Å². The van der Waals surface area contributed by atoms with Crippen LogP contribution in [0.25, 0.3) is 0 Å². The summed E-state index contributed by atoms with van der Waals surface area (Å²) in [4.78, 5) is 9.57. The Morgan fingerprint density at radius 1 is 1.47 bits per heavy atom. The minimum absolute atomic E-state index is 0.0712. The molecule has 1 aromatic carbocycles. The predicted octanol–water partition coefficient (Wildman–Crippen LogP) is 1.94. The number of sulfonamides is 1. The molecule has 0 fully saturated rings. The molecular weight excluding hydrogens is 292 g/mol. The van der Waals surface area contributed by atoms with Crippen LogP contribution in [-0.4, -0.2) is 18.9 Å². The Balaban J connectivity index is 3.39. The first-order valence-electron chi connectivity index (χ1n) is 5.05. The van der Waals surface area contributed by atoms with Gasteiger partial charge in [-0.2, -0.15) is 4.72 Å². The minimum Gasteiger partial charge on any atom is -0.258 e. The van der Waals surface area contributed by atoms with Crippen LogP contribution < -0.4 is 4.72 Å². The van der Waals surface area contributed by atoms with Crippen LogP contribution in [-0.2, 0) is 10.0 Å².